The number of carbonyl (C=O) groups excluding carboxylic acids is 2. The average Bonchev–Trinajstić information content (AvgIpc) is 2.66. The number of aryl methyl sites for hydroxylation is 2. The Balaban J connectivity index is 2.42. The van der Waals surface area contributed by atoms with Gasteiger partial charge < -0.3 is 10.2 Å². The van der Waals surface area contributed by atoms with Crippen molar-refractivity contribution in [3.8, 4) is 0 Å². The minimum atomic E-state index is -0.614. The Kier molecular flexibility index (Phi) is 8.75. The van der Waals surface area contributed by atoms with Crippen LogP contribution in [-0.4, -0.2) is 28.8 Å². The first-order chi connectivity index (χ1) is 14.1. The highest BCUT2D eigenvalue weighted by Crippen LogP contribution is 2.27. The molecule has 0 radical (unpaired) electrons. The summed E-state index contributed by atoms with van der Waals surface area (Å²) in [4.78, 5) is 28.0. The molecule has 30 heavy (non-hydrogen) atoms. The molecule has 0 saturated heterocycles. The van der Waals surface area contributed by atoms with Crippen molar-refractivity contribution in [2.75, 3.05) is 0 Å². The van der Waals surface area contributed by atoms with Gasteiger partial charge in [-0.3, -0.25) is 9.59 Å². The highest BCUT2D eigenvalue weighted by atomic mass is 35.5. The van der Waals surface area contributed by atoms with Gasteiger partial charge in [0.05, 0.1) is 6.42 Å². The lowest BCUT2D eigenvalue weighted by Crippen LogP contribution is -2.50. The third-order valence-electron chi connectivity index (χ3n) is 5.05. The van der Waals surface area contributed by atoms with Gasteiger partial charge in [0.1, 0.15) is 6.04 Å². The molecule has 1 N–H and O–H groups in total. The number of amides is 2. The highest BCUT2D eigenvalue weighted by Gasteiger charge is 2.30. The zero-order valence-electron chi connectivity index (χ0n) is 18.3. The number of halogens is 2. The van der Waals surface area contributed by atoms with Gasteiger partial charge in [0.15, 0.2) is 0 Å². The van der Waals surface area contributed by atoms with E-state index in [2.05, 4.69) is 5.32 Å². The van der Waals surface area contributed by atoms with E-state index in [1.54, 1.807) is 23.1 Å². The smallest absolute Gasteiger partial charge is 0.243 e. The molecule has 0 saturated carbocycles. The van der Waals surface area contributed by atoms with E-state index in [0.29, 0.717) is 22.0 Å². The summed E-state index contributed by atoms with van der Waals surface area (Å²) in [5, 5.41) is 3.89. The van der Waals surface area contributed by atoms with Crippen molar-refractivity contribution in [2.24, 2.45) is 0 Å². The molecule has 0 heterocycles. The molecule has 0 bridgehead atoms. The van der Waals surface area contributed by atoms with E-state index in [-0.39, 0.29) is 30.8 Å². The summed E-state index contributed by atoms with van der Waals surface area (Å²) in [5.41, 5.74) is 3.73. The van der Waals surface area contributed by atoms with Crippen LogP contribution in [-0.2, 0) is 22.6 Å². The van der Waals surface area contributed by atoms with Crippen molar-refractivity contribution < 1.29 is 9.59 Å². The summed E-state index contributed by atoms with van der Waals surface area (Å²) in [7, 11) is 0. The van der Waals surface area contributed by atoms with Gasteiger partial charge >= 0.3 is 0 Å². The number of benzene rings is 2. The third-order valence-corrected chi connectivity index (χ3v) is 5.76. The molecule has 0 aromatic heterocycles. The lowest BCUT2D eigenvalue weighted by atomic mass is 10.0. The fraction of sp³-hybridized carbons (Fsp3) is 0.417. The first-order valence-electron chi connectivity index (χ1n) is 10.2. The second-order valence-electron chi connectivity index (χ2n) is 7.92. The Bertz CT molecular complexity index is 892. The van der Waals surface area contributed by atoms with E-state index in [1.165, 1.54) is 0 Å². The lowest BCUT2D eigenvalue weighted by molar-refractivity contribution is -0.141. The molecule has 0 aliphatic heterocycles. The van der Waals surface area contributed by atoms with Gasteiger partial charge in [-0.15, -0.1) is 0 Å². The van der Waals surface area contributed by atoms with E-state index < -0.39 is 6.04 Å². The topological polar surface area (TPSA) is 49.4 Å². The molecule has 0 aliphatic rings. The lowest BCUT2D eigenvalue weighted by Gasteiger charge is -2.32. The first-order valence-corrected chi connectivity index (χ1v) is 11.0. The molecule has 2 aromatic rings. The zero-order valence-corrected chi connectivity index (χ0v) is 19.8. The van der Waals surface area contributed by atoms with Gasteiger partial charge in [-0.25, -0.2) is 0 Å². The third kappa shape index (κ3) is 6.23. The van der Waals surface area contributed by atoms with E-state index in [9.17, 15) is 9.59 Å². The van der Waals surface area contributed by atoms with Crippen LogP contribution in [0.4, 0.5) is 0 Å². The summed E-state index contributed by atoms with van der Waals surface area (Å²) in [6, 6.07) is 10.7. The molecule has 1 unspecified atom stereocenters. The second kappa shape index (κ2) is 10.8. The fourth-order valence-corrected chi connectivity index (χ4v) is 3.93. The molecule has 1 atom stereocenters. The van der Waals surface area contributed by atoms with Crippen LogP contribution < -0.4 is 5.32 Å². The summed E-state index contributed by atoms with van der Waals surface area (Å²) in [6.45, 7) is 9.86. The average molecular weight is 449 g/mol. The standard InChI is InChI=1S/C24H30Cl2N2O2/c1-6-22(24(30)27-15(2)3)28(14-19-20(25)8-7-9-21(19)26)23(29)13-18-12-16(4)10-11-17(18)5/h7-12,15,22H,6,13-14H2,1-5H3,(H,27,30). The fourth-order valence-electron chi connectivity index (χ4n) is 3.41. The van der Waals surface area contributed by atoms with Gasteiger partial charge in [-0.1, -0.05) is 60.0 Å². The number of nitrogens with zero attached hydrogens (tertiary/aromatic N) is 1. The number of rotatable bonds is 8. The molecule has 162 valence electrons. The van der Waals surface area contributed by atoms with Gasteiger partial charge in [0.25, 0.3) is 0 Å². The predicted octanol–water partition coefficient (Wildman–Crippen LogP) is 5.48. The molecule has 0 aliphatic carbocycles. The van der Waals surface area contributed by atoms with Crippen molar-refractivity contribution in [1.29, 1.82) is 0 Å². The molecular weight excluding hydrogens is 419 g/mol. The maximum Gasteiger partial charge on any atom is 0.243 e. The van der Waals surface area contributed by atoms with Crippen molar-refractivity contribution in [2.45, 2.75) is 66.1 Å². The molecule has 4 nitrogen and oxygen atoms in total. The first kappa shape index (κ1) is 24.2. The largest absolute Gasteiger partial charge is 0.352 e. The highest BCUT2D eigenvalue weighted by molar-refractivity contribution is 6.36. The van der Waals surface area contributed by atoms with E-state index in [0.717, 1.165) is 16.7 Å². The zero-order chi connectivity index (χ0) is 22.4. The maximum atomic E-state index is 13.5. The molecule has 2 rings (SSSR count). The molecule has 0 fully saturated rings. The Hall–Kier alpha value is -2.04. The van der Waals surface area contributed by atoms with E-state index in [1.807, 2.05) is 52.8 Å². The Labute approximate surface area is 189 Å². The van der Waals surface area contributed by atoms with Crippen molar-refractivity contribution in [3.63, 3.8) is 0 Å². The SMILES string of the molecule is CCC(C(=O)NC(C)C)N(Cc1c(Cl)cccc1Cl)C(=O)Cc1cc(C)ccc1C. The Morgan fingerprint density at radius 2 is 1.70 bits per heavy atom. The summed E-state index contributed by atoms with van der Waals surface area (Å²) in [5.74, 6) is -0.310. The van der Waals surface area contributed by atoms with Crippen molar-refractivity contribution >= 4 is 35.0 Å². The molecule has 2 aromatic carbocycles. The van der Waals surface area contributed by atoms with Crippen LogP contribution in [0.15, 0.2) is 36.4 Å². The Morgan fingerprint density at radius 1 is 1.07 bits per heavy atom. The number of nitrogens with one attached hydrogen (secondary N) is 1. The van der Waals surface area contributed by atoms with Crippen LogP contribution in [0.5, 0.6) is 0 Å². The molecule has 2 amide bonds. The van der Waals surface area contributed by atoms with E-state index >= 15 is 0 Å². The van der Waals surface area contributed by atoms with Crippen LogP contribution >= 0.6 is 23.2 Å². The quantitative estimate of drug-likeness (QED) is 0.580. The number of hydrogen-bond donors (Lipinski definition) is 1. The Morgan fingerprint density at radius 3 is 2.27 bits per heavy atom. The van der Waals surface area contributed by atoms with E-state index in [4.69, 9.17) is 23.2 Å². The van der Waals surface area contributed by atoms with Crippen molar-refractivity contribution in [1.82, 2.24) is 10.2 Å². The summed E-state index contributed by atoms with van der Waals surface area (Å²) in [6.07, 6.45) is 0.695. The minimum absolute atomic E-state index is 0.0218. The minimum Gasteiger partial charge on any atom is -0.352 e. The van der Waals surface area contributed by atoms with Gasteiger partial charge in [-0.2, -0.15) is 0 Å². The van der Waals surface area contributed by atoms with Gasteiger partial charge in [0.2, 0.25) is 11.8 Å². The number of hydrogen-bond acceptors (Lipinski definition) is 2. The second-order valence-corrected chi connectivity index (χ2v) is 8.73. The van der Waals surface area contributed by atoms with Gasteiger partial charge in [0, 0.05) is 28.2 Å². The van der Waals surface area contributed by atoms with Crippen LogP contribution in [0.1, 0.15) is 49.4 Å². The molecular formula is C24H30Cl2N2O2. The summed E-state index contributed by atoms with van der Waals surface area (Å²) >= 11 is 12.7. The van der Waals surface area contributed by atoms with Crippen LogP contribution in [0.3, 0.4) is 0 Å². The molecule has 6 heteroatoms. The number of carbonyl (C=O) groups is 2. The normalized spacial score (nSPS) is 12.0. The monoisotopic (exact) mass is 448 g/mol. The van der Waals surface area contributed by atoms with Crippen LogP contribution in [0.2, 0.25) is 10.0 Å². The summed E-state index contributed by atoms with van der Waals surface area (Å²) < 4.78 is 0. The predicted molar refractivity (Wildman–Crippen MR) is 124 cm³/mol. The maximum absolute atomic E-state index is 13.5. The van der Waals surface area contributed by atoms with Crippen molar-refractivity contribution in [3.05, 3.63) is 68.7 Å². The molecule has 0 spiro atoms. The van der Waals surface area contributed by atoms with Crippen LogP contribution in [0, 0.1) is 13.8 Å². The van der Waals surface area contributed by atoms with Crippen LogP contribution in [0.25, 0.3) is 0 Å². The van der Waals surface area contributed by atoms with Gasteiger partial charge in [-0.05, 0) is 57.4 Å².